The fourth-order valence-corrected chi connectivity index (χ4v) is 3.77. The maximum atomic E-state index is 13.0. The molecule has 2 amide bonds. The van der Waals surface area contributed by atoms with E-state index in [1.165, 1.54) is 0 Å². The lowest BCUT2D eigenvalue weighted by Gasteiger charge is -2.37. The number of carbonyl (C=O) groups excluding carboxylic acids is 2. The van der Waals surface area contributed by atoms with Crippen LogP contribution in [-0.2, 0) is 9.59 Å². The minimum Gasteiger partial charge on any atom is -0.396 e. The molecule has 1 aromatic rings. The fourth-order valence-electron chi connectivity index (χ4n) is 3.77. The smallest absolute Gasteiger partial charge is 0.230 e. The molecule has 1 fully saturated rings. The van der Waals surface area contributed by atoms with Gasteiger partial charge in [0.1, 0.15) is 0 Å². The molecule has 1 atom stereocenters. The first-order valence-corrected chi connectivity index (χ1v) is 8.36. The van der Waals surface area contributed by atoms with Gasteiger partial charge in [0.15, 0.2) is 0 Å². The first-order chi connectivity index (χ1) is 11.1. The predicted molar refractivity (Wildman–Crippen MR) is 88.0 cm³/mol. The predicted octanol–water partition coefficient (Wildman–Crippen LogP) is 2.12. The number of aliphatic hydroxyl groups excluding tert-OH is 1. The summed E-state index contributed by atoms with van der Waals surface area (Å²) in [7, 11) is 1.85. The minimum absolute atomic E-state index is 0.0275. The van der Waals surface area contributed by atoms with E-state index in [0.717, 1.165) is 36.9 Å². The highest BCUT2D eigenvalue weighted by Gasteiger charge is 2.35. The third kappa shape index (κ3) is 3.24. The maximum Gasteiger partial charge on any atom is 0.230 e. The zero-order valence-corrected chi connectivity index (χ0v) is 13.5. The summed E-state index contributed by atoms with van der Waals surface area (Å²) in [5.74, 6) is -0.0874. The Morgan fingerprint density at radius 2 is 1.96 bits per heavy atom. The average molecular weight is 316 g/mol. The Balaban J connectivity index is 1.74. The van der Waals surface area contributed by atoms with E-state index < -0.39 is 0 Å². The molecule has 1 heterocycles. The molecule has 0 aromatic heterocycles. The number of hydrogen-bond acceptors (Lipinski definition) is 3. The van der Waals surface area contributed by atoms with Crippen molar-refractivity contribution in [1.82, 2.24) is 4.90 Å². The summed E-state index contributed by atoms with van der Waals surface area (Å²) in [5, 5.41) is 12.1. The molecule has 2 aliphatic rings. The topological polar surface area (TPSA) is 69.6 Å². The summed E-state index contributed by atoms with van der Waals surface area (Å²) in [6.45, 7) is 0.237. The zero-order chi connectivity index (χ0) is 16.4. The largest absolute Gasteiger partial charge is 0.396 e. The molecule has 5 heteroatoms. The highest BCUT2D eigenvalue weighted by atomic mass is 16.3. The van der Waals surface area contributed by atoms with Crippen LogP contribution in [0.5, 0.6) is 0 Å². The molecule has 1 saturated carbocycles. The number of nitrogens with zero attached hydrogens (tertiary/aromatic N) is 1. The van der Waals surface area contributed by atoms with Gasteiger partial charge in [0, 0.05) is 31.8 Å². The van der Waals surface area contributed by atoms with E-state index in [2.05, 4.69) is 5.32 Å². The van der Waals surface area contributed by atoms with Crippen molar-refractivity contribution in [2.24, 2.45) is 5.92 Å². The van der Waals surface area contributed by atoms with Crippen molar-refractivity contribution in [2.45, 2.75) is 44.1 Å². The summed E-state index contributed by atoms with van der Waals surface area (Å²) in [6.07, 6.45) is 3.98. The van der Waals surface area contributed by atoms with E-state index >= 15 is 0 Å². The van der Waals surface area contributed by atoms with E-state index in [-0.39, 0.29) is 36.8 Å². The molecule has 0 saturated heterocycles. The van der Waals surface area contributed by atoms with E-state index in [0.29, 0.717) is 5.92 Å². The second-order valence-corrected chi connectivity index (χ2v) is 6.70. The molecular weight excluding hydrogens is 292 g/mol. The molecule has 1 aliphatic heterocycles. The second-order valence-electron chi connectivity index (χ2n) is 6.70. The van der Waals surface area contributed by atoms with Gasteiger partial charge in [-0.05, 0) is 43.2 Å². The molecular formula is C18H24N2O3. The molecule has 0 radical (unpaired) electrons. The number of anilines is 1. The van der Waals surface area contributed by atoms with Gasteiger partial charge in [-0.25, -0.2) is 0 Å². The van der Waals surface area contributed by atoms with Gasteiger partial charge in [-0.3, -0.25) is 9.59 Å². The number of para-hydroxylation sites is 1. The van der Waals surface area contributed by atoms with Gasteiger partial charge in [-0.15, -0.1) is 0 Å². The highest BCUT2D eigenvalue weighted by Crippen LogP contribution is 2.35. The molecule has 0 bridgehead atoms. The summed E-state index contributed by atoms with van der Waals surface area (Å²) in [6, 6.07) is 7.75. The van der Waals surface area contributed by atoms with Crippen LogP contribution in [0, 0.1) is 5.92 Å². The third-order valence-corrected chi connectivity index (χ3v) is 5.27. The standard InChI is InChI=1S/C18H24N2O3/c1-20(13-8-6-12(11-21)7-9-13)18(23)15-10-17(22)19-16-5-3-2-4-14(15)16/h2-5,12-13,15,21H,6-11H2,1H3,(H,19,22). The number of likely N-dealkylation sites (N-methyl/N-ethyl adjacent to an activating group) is 1. The van der Waals surface area contributed by atoms with Crippen LogP contribution in [0.2, 0.25) is 0 Å². The Labute approximate surface area is 136 Å². The number of benzene rings is 1. The van der Waals surface area contributed by atoms with Crippen molar-refractivity contribution in [1.29, 1.82) is 0 Å². The monoisotopic (exact) mass is 316 g/mol. The molecule has 0 spiro atoms. The quantitative estimate of drug-likeness (QED) is 0.897. The normalized spacial score (nSPS) is 27.0. The molecule has 2 N–H and O–H groups in total. The van der Waals surface area contributed by atoms with E-state index in [1.54, 1.807) is 0 Å². The van der Waals surface area contributed by atoms with Crippen molar-refractivity contribution >= 4 is 17.5 Å². The summed E-state index contributed by atoms with van der Waals surface area (Å²) >= 11 is 0. The minimum atomic E-state index is -0.388. The number of rotatable bonds is 3. The second kappa shape index (κ2) is 6.71. The van der Waals surface area contributed by atoms with Crippen LogP contribution < -0.4 is 5.32 Å². The van der Waals surface area contributed by atoms with E-state index in [4.69, 9.17) is 0 Å². The summed E-state index contributed by atoms with van der Waals surface area (Å²) in [4.78, 5) is 26.7. The van der Waals surface area contributed by atoms with Crippen molar-refractivity contribution < 1.29 is 14.7 Å². The Hall–Kier alpha value is -1.88. The lowest BCUT2D eigenvalue weighted by atomic mass is 9.84. The van der Waals surface area contributed by atoms with Crippen LogP contribution in [0.3, 0.4) is 0 Å². The molecule has 23 heavy (non-hydrogen) atoms. The van der Waals surface area contributed by atoms with Crippen LogP contribution in [0.25, 0.3) is 0 Å². The van der Waals surface area contributed by atoms with Gasteiger partial charge < -0.3 is 15.3 Å². The Kier molecular flexibility index (Phi) is 4.66. The third-order valence-electron chi connectivity index (χ3n) is 5.27. The summed E-state index contributed by atoms with van der Waals surface area (Å²) < 4.78 is 0. The zero-order valence-electron chi connectivity index (χ0n) is 13.5. The first-order valence-electron chi connectivity index (χ1n) is 8.36. The van der Waals surface area contributed by atoms with Crippen LogP contribution in [0.15, 0.2) is 24.3 Å². The molecule has 5 nitrogen and oxygen atoms in total. The van der Waals surface area contributed by atoms with Gasteiger partial charge in [-0.2, -0.15) is 0 Å². The molecule has 124 valence electrons. The molecule has 1 aliphatic carbocycles. The van der Waals surface area contributed by atoms with Crippen LogP contribution in [-0.4, -0.2) is 41.5 Å². The molecule has 1 unspecified atom stereocenters. The highest BCUT2D eigenvalue weighted by molar-refractivity contribution is 6.01. The lowest BCUT2D eigenvalue weighted by Crippen LogP contribution is -2.43. The lowest BCUT2D eigenvalue weighted by molar-refractivity contribution is -0.136. The van der Waals surface area contributed by atoms with Crippen LogP contribution >= 0.6 is 0 Å². The van der Waals surface area contributed by atoms with Crippen LogP contribution in [0.4, 0.5) is 5.69 Å². The van der Waals surface area contributed by atoms with E-state index in [9.17, 15) is 14.7 Å². The van der Waals surface area contributed by atoms with Crippen LogP contribution in [0.1, 0.15) is 43.6 Å². The molecule has 3 rings (SSSR count). The number of hydrogen-bond donors (Lipinski definition) is 2. The SMILES string of the molecule is CN(C(=O)C1CC(=O)Nc2ccccc21)C1CCC(CO)CC1. The average Bonchev–Trinajstić information content (AvgIpc) is 2.59. The maximum absolute atomic E-state index is 13.0. The number of nitrogens with one attached hydrogen (secondary N) is 1. The Morgan fingerprint density at radius 1 is 1.26 bits per heavy atom. The van der Waals surface area contributed by atoms with Gasteiger partial charge in [0.05, 0.1) is 5.92 Å². The van der Waals surface area contributed by atoms with Crippen molar-refractivity contribution in [3.8, 4) is 0 Å². The van der Waals surface area contributed by atoms with E-state index in [1.807, 2.05) is 36.2 Å². The van der Waals surface area contributed by atoms with Crippen molar-refractivity contribution in [3.05, 3.63) is 29.8 Å². The van der Waals surface area contributed by atoms with Crippen molar-refractivity contribution in [2.75, 3.05) is 19.0 Å². The first kappa shape index (κ1) is 16.0. The Morgan fingerprint density at radius 3 is 2.65 bits per heavy atom. The Bertz CT molecular complexity index is 594. The fraction of sp³-hybridized carbons (Fsp3) is 0.556. The number of aliphatic hydroxyl groups is 1. The number of carbonyl (C=O) groups is 2. The summed E-state index contributed by atoms with van der Waals surface area (Å²) in [5.41, 5.74) is 1.66. The van der Waals surface area contributed by atoms with Crippen molar-refractivity contribution in [3.63, 3.8) is 0 Å². The number of fused-ring (bicyclic) bond motifs is 1. The van der Waals surface area contributed by atoms with Gasteiger partial charge in [0.2, 0.25) is 11.8 Å². The van der Waals surface area contributed by atoms with Gasteiger partial charge in [-0.1, -0.05) is 18.2 Å². The van der Waals surface area contributed by atoms with Gasteiger partial charge in [0.25, 0.3) is 0 Å². The number of amides is 2. The van der Waals surface area contributed by atoms with Gasteiger partial charge >= 0.3 is 0 Å². The molecule has 1 aromatic carbocycles.